The molecule has 0 saturated carbocycles. The number of halogens is 3. The van der Waals surface area contributed by atoms with E-state index in [-0.39, 0.29) is 11.6 Å². The third-order valence-corrected chi connectivity index (χ3v) is 3.42. The highest BCUT2D eigenvalue weighted by molar-refractivity contribution is 5.93. The first-order valence-electron chi connectivity index (χ1n) is 7.15. The van der Waals surface area contributed by atoms with Crippen molar-refractivity contribution in [3.8, 4) is 0 Å². The second kappa shape index (κ2) is 7.30. The van der Waals surface area contributed by atoms with Crippen molar-refractivity contribution in [1.82, 2.24) is 0 Å². The number of allylic oxidation sites excluding steroid dienone is 2. The Labute approximate surface area is 131 Å². The maximum absolute atomic E-state index is 12.6. The molecule has 0 spiro atoms. The van der Waals surface area contributed by atoms with Gasteiger partial charge in [-0.2, -0.15) is 13.2 Å². The van der Waals surface area contributed by atoms with E-state index >= 15 is 0 Å². The van der Waals surface area contributed by atoms with E-state index in [1.807, 2.05) is 12.2 Å². The molecule has 1 aromatic carbocycles. The summed E-state index contributed by atoms with van der Waals surface area (Å²) in [5.41, 5.74) is -0.859. The number of ether oxygens (including phenoxy) is 1. The summed E-state index contributed by atoms with van der Waals surface area (Å²) >= 11 is 0. The van der Waals surface area contributed by atoms with Gasteiger partial charge in [-0.1, -0.05) is 18.2 Å². The summed E-state index contributed by atoms with van der Waals surface area (Å²) in [4.78, 5) is 23.4. The minimum atomic E-state index is -4.48. The molecular weight excluding hydrogens is 311 g/mol. The second-order valence-electron chi connectivity index (χ2n) is 5.22. The van der Waals surface area contributed by atoms with Crippen LogP contribution in [0.15, 0.2) is 36.4 Å². The molecule has 1 amide bonds. The summed E-state index contributed by atoms with van der Waals surface area (Å²) in [5, 5.41) is 2.28. The van der Waals surface area contributed by atoms with Gasteiger partial charge >= 0.3 is 12.1 Å². The maximum atomic E-state index is 12.6. The van der Waals surface area contributed by atoms with Crippen molar-refractivity contribution in [3.63, 3.8) is 0 Å². The largest absolute Gasteiger partial charge is 0.455 e. The van der Waals surface area contributed by atoms with Gasteiger partial charge in [-0.15, -0.1) is 0 Å². The van der Waals surface area contributed by atoms with Gasteiger partial charge in [0, 0.05) is 5.69 Å². The summed E-state index contributed by atoms with van der Waals surface area (Å²) in [5.74, 6) is -1.40. The van der Waals surface area contributed by atoms with E-state index < -0.39 is 30.2 Å². The lowest BCUT2D eigenvalue weighted by Crippen LogP contribution is -2.25. The Bertz CT molecular complexity index is 611. The van der Waals surface area contributed by atoms with E-state index in [1.165, 1.54) is 12.1 Å². The minimum absolute atomic E-state index is 0.00136. The predicted octanol–water partition coefficient (Wildman–Crippen LogP) is 3.54. The molecule has 1 N–H and O–H groups in total. The molecule has 1 aliphatic carbocycles. The molecule has 23 heavy (non-hydrogen) atoms. The van der Waals surface area contributed by atoms with Crippen LogP contribution in [-0.4, -0.2) is 18.5 Å². The second-order valence-corrected chi connectivity index (χ2v) is 5.22. The summed E-state index contributed by atoms with van der Waals surface area (Å²) in [6, 6.07) is 4.26. The van der Waals surface area contributed by atoms with Crippen LogP contribution in [0.3, 0.4) is 0 Å². The third-order valence-electron chi connectivity index (χ3n) is 3.42. The average Bonchev–Trinajstić information content (AvgIpc) is 2.53. The Morgan fingerprint density at radius 2 is 2.04 bits per heavy atom. The van der Waals surface area contributed by atoms with Crippen molar-refractivity contribution in [2.24, 2.45) is 5.92 Å². The van der Waals surface area contributed by atoms with E-state index in [1.54, 1.807) is 0 Å². The van der Waals surface area contributed by atoms with Gasteiger partial charge in [0.05, 0.1) is 11.5 Å². The molecule has 0 unspecified atom stereocenters. The maximum Gasteiger partial charge on any atom is 0.416 e. The van der Waals surface area contributed by atoms with Gasteiger partial charge in [-0.05, 0) is 37.5 Å². The molecule has 0 aromatic heterocycles. The molecule has 7 heteroatoms. The number of anilines is 1. The summed E-state index contributed by atoms with van der Waals surface area (Å²) in [6.45, 7) is -0.519. The van der Waals surface area contributed by atoms with Crippen LogP contribution in [0.25, 0.3) is 0 Å². The van der Waals surface area contributed by atoms with Crippen LogP contribution in [0.5, 0.6) is 0 Å². The van der Waals surface area contributed by atoms with E-state index in [0.29, 0.717) is 12.8 Å². The molecule has 1 atom stereocenters. The molecule has 0 heterocycles. The first-order valence-corrected chi connectivity index (χ1v) is 7.15. The normalized spacial score (nSPS) is 17.6. The number of benzene rings is 1. The van der Waals surface area contributed by atoms with Crippen LogP contribution < -0.4 is 5.32 Å². The molecule has 1 aliphatic rings. The highest BCUT2D eigenvalue weighted by Crippen LogP contribution is 2.30. The lowest BCUT2D eigenvalue weighted by Gasteiger charge is -2.16. The lowest BCUT2D eigenvalue weighted by molar-refractivity contribution is -0.151. The van der Waals surface area contributed by atoms with Crippen LogP contribution in [0, 0.1) is 5.92 Å². The van der Waals surface area contributed by atoms with Gasteiger partial charge in [0.25, 0.3) is 5.91 Å². The summed E-state index contributed by atoms with van der Waals surface area (Å²) in [6.07, 6.45) is 1.42. The topological polar surface area (TPSA) is 55.4 Å². The van der Waals surface area contributed by atoms with Gasteiger partial charge in [-0.25, -0.2) is 0 Å². The quantitative estimate of drug-likeness (QED) is 0.680. The van der Waals surface area contributed by atoms with Gasteiger partial charge < -0.3 is 10.1 Å². The average molecular weight is 327 g/mol. The molecule has 0 fully saturated rings. The number of nitrogens with one attached hydrogen (secondary N) is 1. The molecule has 4 nitrogen and oxygen atoms in total. The zero-order valence-electron chi connectivity index (χ0n) is 12.2. The number of carbonyl (C=O) groups excluding carboxylic acids is 2. The lowest BCUT2D eigenvalue weighted by atomic mass is 9.95. The fraction of sp³-hybridized carbons (Fsp3) is 0.375. The first kappa shape index (κ1) is 17.1. The summed E-state index contributed by atoms with van der Waals surface area (Å²) in [7, 11) is 0. The van der Waals surface area contributed by atoms with Gasteiger partial charge in [0.2, 0.25) is 0 Å². The zero-order chi connectivity index (χ0) is 16.9. The van der Waals surface area contributed by atoms with Crippen LogP contribution in [-0.2, 0) is 20.5 Å². The number of rotatable bonds is 4. The minimum Gasteiger partial charge on any atom is -0.455 e. The summed E-state index contributed by atoms with van der Waals surface area (Å²) < 4.78 is 42.6. The van der Waals surface area contributed by atoms with Crippen molar-refractivity contribution in [2.45, 2.75) is 25.4 Å². The van der Waals surface area contributed by atoms with Crippen molar-refractivity contribution in [3.05, 3.63) is 42.0 Å². The van der Waals surface area contributed by atoms with Crippen molar-refractivity contribution in [2.75, 3.05) is 11.9 Å². The number of alkyl halides is 3. The van der Waals surface area contributed by atoms with Crippen molar-refractivity contribution < 1.29 is 27.5 Å². The fourth-order valence-electron chi connectivity index (χ4n) is 2.23. The highest BCUT2D eigenvalue weighted by atomic mass is 19.4. The van der Waals surface area contributed by atoms with E-state index in [9.17, 15) is 22.8 Å². The van der Waals surface area contributed by atoms with Crippen LogP contribution in [0.4, 0.5) is 18.9 Å². The molecule has 0 saturated heterocycles. The SMILES string of the molecule is O=C(COC(=O)[C@H]1CC=CCC1)Nc1cccc(C(F)(F)F)c1. The van der Waals surface area contributed by atoms with E-state index in [0.717, 1.165) is 18.6 Å². The van der Waals surface area contributed by atoms with E-state index in [2.05, 4.69) is 5.32 Å². The Morgan fingerprint density at radius 3 is 2.70 bits per heavy atom. The monoisotopic (exact) mass is 327 g/mol. The van der Waals surface area contributed by atoms with Crippen molar-refractivity contribution >= 4 is 17.6 Å². The fourth-order valence-corrected chi connectivity index (χ4v) is 2.23. The van der Waals surface area contributed by atoms with Crippen molar-refractivity contribution in [1.29, 1.82) is 0 Å². The molecule has 0 aliphatic heterocycles. The van der Waals surface area contributed by atoms with Gasteiger partial charge in [0.1, 0.15) is 0 Å². The standard InChI is InChI=1S/C16H16F3NO3/c17-16(18,19)12-7-4-8-13(9-12)20-14(21)10-23-15(22)11-5-2-1-3-6-11/h1-2,4,7-9,11H,3,5-6,10H2,(H,20,21)/t11-/m0/s1. The number of amides is 1. The zero-order valence-corrected chi connectivity index (χ0v) is 12.2. The molecule has 2 rings (SSSR count). The number of carbonyl (C=O) groups is 2. The molecule has 1 aromatic rings. The third kappa shape index (κ3) is 5.12. The smallest absolute Gasteiger partial charge is 0.416 e. The van der Waals surface area contributed by atoms with Crippen LogP contribution >= 0.6 is 0 Å². The van der Waals surface area contributed by atoms with Crippen LogP contribution in [0.1, 0.15) is 24.8 Å². The first-order chi connectivity index (χ1) is 10.9. The van der Waals surface area contributed by atoms with E-state index in [4.69, 9.17) is 4.74 Å². The number of esters is 1. The van der Waals surface area contributed by atoms with Gasteiger partial charge in [-0.3, -0.25) is 9.59 Å². The van der Waals surface area contributed by atoms with Gasteiger partial charge in [0.15, 0.2) is 6.61 Å². The van der Waals surface area contributed by atoms with Crippen LogP contribution in [0.2, 0.25) is 0 Å². The Kier molecular flexibility index (Phi) is 5.41. The highest BCUT2D eigenvalue weighted by Gasteiger charge is 2.30. The Balaban J connectivity index is 1.85. The molecule has 0 bridgehead atoms. The molecule has 0 radical (unpaired) electrons. The number of hydrogen-bond donors (Lipinski definition) is 1. The Morgan fingerprint density at radius 1 is 1.26 bits per heavy atom. The molecule has 124 valence electrons. The Hall–Kier alpha value is -2.31. The number of hydrogen-bond acceptors (Lipinski definition) is 3. The predicted molar refractivity (Wildman–Crippen MR) is 77.5 cm³/mol. The molecular formula is C16H16F3NO3.